The van der Waals surface area contributed by atoms with E-state index >= 15 is 0 Å². The van der Waals surface area contributed by atoms with Gasteiger partial charge < -0.3 is 20.8 Å². The predicted molar refractivity (Wildman–Crippen MR) is 69.7 cm³/mol. The van der Waals surface area contributed by atoms with Crippen molar-refractivity contribution in [3.8, 4) is 0 Å². The molecule has 1 rings (SSSR count). The summed E-state index contributed by atoms with van der Waals surface area (Å²) in [5, 5.41) is 21.0. The minimum Gasteiger partial charge on any atom is -0.409 e. The average Bonchev–Trinajstić information content (AvgIpc) is 2.33. The van der Waals surface area contributed by atoms with Crippen LogP contribution in [0.4, 0.5) is 0 Å². The molecular weight excluding hydrogens is 234 g/mol. The minimum absolute atomic E-state index is 0.0138. The van der Waals surface area contributed by atoms with E-state index < -0.39 is 0 Å². The molecule has 0 spiro atoms. The van der Waals surface area contributed by atoms with E-state index in [9.17, 15) is 5.11 Å². The number of rotatable bonds is 5. The molecule has 2 atom stereocenters. The monoisotopic (exact) mass is 259 g/mol. The van der Waals surface area contributed by atoms with Crippen LogP contribution in [0.3, 0.4) is 0 Å². The summed E-state index contributed by atoms with van der Waals surface area (Å²) in [6.07, 6.45) is 1.26. The van der Waals surface area contributed by atoms with Crippen molar-refractivity contribution >= 4 is 5.84 Å². The maximum absolute atomic E-state index is 9.28. The molecule has 0 aromatic rings. The van der Waals surface area contributed by atoms with Gasteiger partial charge in [-0.3, -0.25) is 4.90 Å². The summed E-state index contributed by atoms with van der Waals surface area (Å²) in [5.74, 6) is 0.242. The Balaban J connectivity index is 2.72. The number of hydrogen-bond acceptors (Lipinski definition) is 5. The third-order valence-corrected chi connectivity index (χ3v) is 3.27. The first-order valence-corrected chi connectivity index (χ1v) is 6.41. The maximum Gasteiger partial charge on any atom is 0.140 e. The van der Waals surface area contributed by atoms with Gasteiger partial charge in [-0.05, 0) is 20.3 Å². The molecule has 18 heavy (non-hydrogen) atoms. The lowest BCUT2D eigenvalue weighted by Crippen LogP contribution is -2.57. The minimum atomic E-state index is -0.288. The highest BCUT2D eigenvalue weighted by atomic mass is 16.5. The first kappa shape index (κ1) is 15.2. The van der Waals surface area contributed by atoms with Gasteiger partial charge in [0.15, 0.2) is 0 Å². The lowest BCUT2D eigenvalue weighted by atomic mass is 10.0. The van der Waals surface area contributed by atoms with E-state index in [2.05, 4.69) is 17.0 Å². The van der Waals surface area contributed by atoms with Gasteiger partial charge in [0, 0.05) is 25.6 Å². The number of aliphatic hydroxyl groups excluding tert-OH is 1. The molecule has 0 aromatic carbocycles. The van der Waals surface area contributed by atoms with E-state index in [0.717, 1.165) is 13.0 Å². The number of morpholine rings is 1. The van der Waals surface area contributed by atoms with Gasteiger partial charge >= 0.3 is 0 Å². The average molecular weight is 259 g/mol. The van der Waals surface area contributed by atoms with Crippen LogP contribution in [0.2, 0.25) is 0 Å². The van der Waals surface area contributed by atoms with Crippen LogP contribution in [0.1, 0.15) is 33.6 Å². The highest BCUT2D eigenvalue weighted by Crippen LogP contribution is 2.24. The van der Waals surface area contributed by atoms with Crippen LogP contribution in [-0.2, 0) is 4.74 Å². The smallest absolute Gasteiger partial charge is 0.140 e. The molecule has 0 amide bonds. The van der Waals surface area contributed by atoms with E-state index in [0.29, 0.717) is 13.0 Å². The molecule has 0 saturated carbocycles. The fourth-order valence-electron chi connectivity index (χ4n) is 2.53. The van der Waals surface area contributed by atoms with Crippen molar-refractivity contribution in [2.45, 2.75) is 51.4 Å². The highest BCUT2D eigenvalue weighted by Gasteiger charge is 2.35. The molecule has 0 aliphatic carbocycles. The zero-order valence-corrected chi connectivity index (χ0v) is 11.5. The van der Waals surface area contributed by atoms with Crippen molar-refractivity contribution in [2.24, 2.45) is 10.9 Å². The topological polar surface area (TPSA) is 91.3 Å². The Kier molecular flexibility index (Phi) is 5.37. The Morgan fingerprint density at radius 2 is 2.28 bits per heavy atom. The molecule has 2 unspecified atom stereocenters. The summed E-state index contributed by atoms with van der Waals surface area (Å²) < 4.78 is 5.78. The fourth-order valence-corrected chi connectivity index (χ4v) is 2.53. The second kappa shape index (κ2) is 6.36. The van der Waals surface area contributed by atoms with Crippen molar-refractivity contribution in [3.05, 3.63) is 0 Å². The molecule has 6 heteroatoms. The van der Waals surface area contributed by atoms with Crippen molar-refractivity contribution in [2.75, 3.05) is 19.7 Å². The second-order valence-electron chi connectivity index (χ2n) is 5.47. The van der Waals surface area contributed by atoms with Crippen LogP contribution >= 0.6 is 0 Å². The van der Waals surface area contributed by atoms with E-state index in [-0.39, 0.29) is 30.2 Å². The van der Waals surface area contributed by atoms with Crippen LogP contribution in [-0.4, -0.2) is 58.5 Å². The van der Waals surface area contributed by atoms with Crippen molar-refractivity contribution in [3.63, 3.8) is 0 Å². The SMILES string of the molecule is CCC(CC(N)=NO)N1CC(CO)OC(C)(C)C1. The molecule has 1 saturated heterocycles. The summed E-state index contributed by atoms with van der Waals surface area (Å²) in [6.45, 7) is 7.57. The molecule has 4 N–H and O–H groups in total. The second-order valence-corrected chi connectivity index (χ2v) is 5.47. The van der Waals surface area contributed by atoms with E-state index in [1.165, 1.54) is 0 Å². The Morgan fingerprint density at radius 1 is 1.61 bits per heavy atom. The summed E-state index contributed by atoms with van der Waals surface area (Å²) in [7, 11) is 0. The molecule has 106 valence electrons. The number of hydrogen-bond donors (Lipinski definition) is 3. The van der Waals surface area contributed by atoms with Gasteiger partial charge in [-0.2, -0.15) is 0 Å². The maximum atomic E-state index is 9.28. The Bertz CT molecular complexity index is 294. The van der Waals surface area contributed by atoms with Crippen molar-refractivity contribution in [1.29, 1.82) is 0 Å². The Morgan fingerprint density at radius 3 is 2.78 bits per heavy atom. The molecule has 0 bridgehead atoms. The molecule has 1 aliphatic heterocycles. The number of amidine groups is 1. The summed E-state index contributed by atoms with van der Waals surface area (Å²) in [6, 6.07) is 0.207. The quantitative estimate of drug-likeness (QED) is 0.287. The van der Waals surface area contributed by atoms with Crippen LogP contribution in [0.25, 0.3) is 0 Å². The standard InChI is InChI=1S/C12H25N3O3/c1-4-9(5-11(13)14-17)15-6-10(7-16)18-12(2,3)8-15/h9-10,16-17H,4-8H2,1-3H3,(H2,13,14). The highest BCUT2D eigenvalue weighted by molar-refractivity contribution is 5.80. The van der Waals surface area contributed by atoms with Gasteiger partial charge in [0.25, 0.3) is 0 Å². The third-order valence-electron chi connectivity index (χ3n) is 3.27. The van der Waals surface area contributed by atoms with Crippen LogP contribution in [0.15, 0.2) is 5.16 Å². The molecule has 0 aromatic heterocycles. The van der Waals surface area contributed by atoms with Gasteiger partial charge in [0.05, 0.1) is 18.3 Å². The zero-order valence-electron chi connectivity index (χ0n) is 11.5. The van der Waals surface area contributed by atoms with Gasteiger partial charge in [0.2, 0.25) is 0 Å². The van der Waals surface area contributed by atoms with E-state index in [1.807, 2.05) is 13.8 Å². The Hall–Kier alpha value is -0.850. The number of ether oxygens (including phenoxy) is 1. The number of aliphatic hydroxyl groups is 1. The van der Waals surface area contributed by atoms with E-state index in [4.69, 9.17) is 15.7 Å². The number of nitrogens with zero attached hydrogens (tertiary/aromatic N) is 2. The molecule has 1 fully saturated rings. The van der Waals surface area contributed by atoms with Gasteiger partial charge in [-0.25, -0.2) is 0 Å². The lowest BCUT2D eigenvalue weighted by Gasteiger charge is -2.45. The lowest BCUT2D eigenvalue weighted by molar-refractivity contribution is -0.156. The summed E-state index contributed by atoms with van der Waals surface area (Å²) in [4.78, 5) is 2.25. The van der Waals surface area contributed by atoms with Crippen LogP contribution < -0.4 is 5.73 Å². The van der Waals surface area contributed by atoms with Gasteiger partial charge in [-0.15, -0.1) is 0 Å². The largest absolute Gasteiger partial charge is 0.409 e. The first-order chi connectivity index (χ1) is 8.41. The van der Waals surface area contributed by atoms with Crippen molar-refractivity contribution < 1.29 is 15.1 Å². The van der Waals surface area contributed by atoms with E-state index in [1.54, 1.807) is 0 Å². The molecule has 1 aliphatic rings. The molecule has 6 nitrogen and oxygen atoms in total. The fraction of sp³-hybridized carbons (Fsp3) is 0.917. The van der Waals surface area contributed by atoms with Crippen LogP contribution in [0.5, 0.6) is 0 Å². The first-order valence-electron chi connectivity index (χ1n) is 6.41. The Labute approximate surface area is 108 Å². The normalized spacial score (nSPS) is 27.1. The zero-order chi connectivity index (χ0) is 13.8. The van der Waals surface area contributed by atoms with Gasteiger partial charge in [-0.1, -0.05) is 12.1 Å². The van der Waals surface area contributed by atoms with Gasteiger partial charge in [0.1, 0.15) is 5.84 Å². The van der Waals surface area contributed by atoms with Crippen molar-refractivity contribution in [1.82, 2.24) is 4.90 Å². The summed E-state index contributed by atoms with van der Waals surface area (Å²) >= 11 is 0. The number of oxime groups is 1. The summed E-state index contributed by atoms with van der Waals surface area (Å²) in [5.41, 5.74) is 5.30. The molecule has 1 heterocycles. The molecular formula is C12H25N3O3. The molecule has 0 radical (unpaired) electrons. The van der Waals surface area contributed by atoms with Crippen LogP contribution in [0, 0.1) is 0 Å². The number of nitrogens with two attached hydrogens (primary N) is 1. The predicted octanol–water partition coefficient (Wildman–Crippen LogP) is 0.373. The third kappa shape index (κ3) is 4.12.